The van der Waals surface area contributed by atoms with Gasteiger partial charge in [-0.2, -0.15) is 10.5 Å². The molecule has 0 aromatic heterocycles. The Bertz CT molecular complexity index is 1130. The molecule has 0 spiro atoms. The molecule has 0 aliphatic carbocycles. The van der Waals surface area contributed by atoms with E-state index < -0.39 is 0 Å². The molecule has 0 unspecified atom stereocenters. The molecule has 0 amide bonds. The number of benzene rings is 3. The molecule has 0 fully saturated rings. The first-order chi connectivity index (χ1) is 15.2. The number of rotatable bonds is 7. The van der Waals surface area contributed by atoms with Crippen LogP contribution in [-0.4, -0.2) is 21.3 Å². The van der Waals surface area contributed by atoms with Gasteiger partial charge in [0, 0.05) is 5.56 Å². The van der Waals surface area contributed by atoms with Crippen molar-refractivity contribution in [3.63, 3.8) is 0 Å². The predicted octanol–water partition coefficient (Wildman–Crippen LogP) is 5.31. The number of para-hydroxylation sites is 5. The van der Waals surface area contributed by atoms with E-state index in [1.54, 1.807) is 38.4 Å². The summed E-state index contributed by atoms with van der Waals surface area (Å²) in [7, 11) is 4.69. The Hall–Kier alpha value is -4.42. The maximum absolute atomic E-state index is 9.86. The van der Waals surface area contributed by atoms with Crippen molar-refractivity contribution in [2.75, 3.05) is 26.2 Å². The molecule has 0 saturated heterocycles. The third kappa shape index (κ3) is 4.14. The number of allylic oxidation sites excluding steroid dienone is 1. The standard InChI is InChI=1S/C25H21N3O3/c1-29-22-13-7-4-10-19(22)25(18(16-26)17-27)28(20-11-5-8-14-23(20)30-2)21-12-6-9-15-24(21)31-3/h4-15H,1-3H3. The van der Waals surface area contributed by atoms with Gasteiger partial charge in [0.25, 0.3) is 0 Å². The zero-order valence-corrected chi connectivity index (χ0v) is 17.5. The van der Waals surface area contributed by atoms with Gasteiger partial charge in [0.1, 0.15) is 29.4 Å². The van der Waals surface area contributed by atoms with Gasteiger partial charge in [0.2, 0.25) is 0 Å². The van der Waals surface area contributed by atoms with Crippen molar-refractivity contribution in [3.8, 4) is 29.4 Å². The van der Waals surface area contributed by atoms with Crippen molar-refractivity contribution in [1.82, 2.24) is 0 Å². The third-order valence-corrected chi connectivity index (χ3v) is 4.70. The van der Waals surface area contributed by atoms with Gasteiger partial charge < -0.3 is 19.1 Å². The average Bonchev–Trinajstić information content (AvgIpc) is 2.84. The number of ether oxygens (including phenoxy) is 3. The lowest BCUT2D eigenvalue weighted by Gasteiger charge is -2.31. The molecule has 154 valence electrons. The fourth-order valence-electron chi connectivity index (χ4n) is 3.34. The average molecular weight is 411 g/mol. The summed E-state index contributed by atoms with van der Waals surface area (Å²) in [6.45, 7) is 0. The molecule has 6 heteroatoms. The first-order valence-corrected chi connectivity index (χ1v) is 9.44. The molecule has 0 N–H and O–H groups in total. The van der Waals surface area contributed by atoms with Crippen molar-refractivity contribution in [3.05, 3.63) is 83.9 Å². The minimum Gasteiger partial charge on any atom is -0.496 e. The highest BCUT2D eigenvalue weighted by Gasteiger charge is 2.27. The lowest BCUT2D eigenvalue weighted by atomic mass is 10.0. The summed E-state index contributed by atoms with van der Waals surface area (Å²) < 4.78 is 16.8. The molecular weight excluding hydrogens is 390 g/mol. The molecule has 0 atom stereocenters. The van der Waals surface area contributed by atoms with Crippen LogP contribution in [0.25, 0.3) is 5.70 Å². The summed E-state index contributed by atoms with van der Waals surface area (Å²) in [4.78, 5) is 1.79. The second kappa shape index (κ2) is 9.87. The van der Waals surface area contributed by atoms with Crippen molar-refractivity contribution < 1.29 is 14.2 Å². The van der Waals surface area contributed by atoms with Crippen LogP contribution in [0, 0.1) is 22.7 Å². The van der Waals surface area contributed by atoms with Crippen LogP contribution in [0.4, 0.5) is 11.4 Å². The molecule has 3 rings (SSSR count). The Morgan fingerprint density at radius 3 is 1.52 bits per heavy atom. The summed E-state index contributed by atoms with van der Waals surface area (Å²) >= 11 is 0. The van der Waals surface area contributed by atoms with Crippen LogP contribution < -0.4 is 19.1 Å². The summed E-state index contributed by atoms with van der Waals surface area (Å²) in [6.07, 6.45) is 0. The molecule has 0 saturated carbocycles. The number of nitriles is 2. The van der Waals surface area contributed by atoms with Gasteiger partial charge in [-0.1, -0.05) is 36.4 Å². The number of anilines is 2. The largest absolute Gasteiger partial charge is 0.496 e. The summed E-state index contributed by atoms with van der Waals surface area (Å²) in [5, 5.41) is 19.7. The van der Waals surface area contributed by atoms with E-state index in [0.29, 0.717) is 39.9 Å². The van der Waals surface area contributed by atoms with Gasteiger partial charge in [-0.3, -0.25) is 0 Å². The molecule has 0 bridgehead atoms. The molecule has 0 aliphatic rings. The van der Waals surface area contributed by atoms with Gasteiger partial charge in [-0.15, -0.1) is 0 Å². The first-order valence-electron chi connectivity index (χ1n) is 9.44. The first kappa shape index (κ1) is 21.3. The Labute approximate surface area is 181 Å². The smallest absolute Gasteiger partial charge is 0.154 e. The van der Waals surface area contributed by atoms with Crippen LogP contribution >= 0.6 is 0 Å². The predicted molar refractivity (Wildman–Crippen MR) is 119 cm³/mol. The SMILES string of the molecule is COc1ccccc1C(=C(C#N)C#N)N(c1ccccc1OC)c1ccccc1OC. The number of methoxy groups -OCH3 is 3. The van der Waals surface area contributed by atoms with Gasteiger partial charge >= 0.3 is 0 Å². The maximum Gasteiger partial charge on any atom is 0.154 e. The zero-order chi connectivity index (χ0) is 22.2. The van der Waals surface area contributed by atoms with Crippen LogP contribution in [0.3, 0.4) is 0 Å². The van der Waals surface area contributed by atoms with Crippen LogP contribution in [0.5, 0.6) is 17.2 Å². The van der Waals surface area contributed by atoms with E-state index in [9.17, 15) is 10.5 Å². The van der Waals surface area contributed by atoms with Gasteiger partial charge in [-0.25, -0.2) is 0 Å². The highest BCUT2D eigenvalue weighted by Crippen LogP contribution is 2.46. The second-order valence-corrected chi connectivity index (χ2v) is 6.33. The topological polar surface area (TPSA) is 78.5 Å². The van der Waals surface area contributed by atoms with E-state index in [-0.39, 0.29) is 5.57 Å². The molecular formula is C25H21N3O3. The van der Waals surface area contributed by atoms with E-state index in [0.717, 1.165) is 0 Å². The Morgan fingerprint density at radius 1 is 0.645 bits per heavy atom. The van der Waals surface area contributed by atoms with Crippen LogP contribution in [0.2, 0.25) is 0 Å². The number of nitrogens with zero attached hydrogens (tertiary/aromatic N) is 3. The Balaban J connectivity index is 2.47. The van der Waals surface area contributed by atoms with E-state index >= 15 is 0 Å². The quantitative estimate of drug-likeness (QED) is 0.490. The van der Waals surface area contributed by atoms with Gasteiger partial charge in [-0.05, 0) is 36.4 Å². The fourth-order valence-corrected chi connectivity index (χ4v) is 3.34. The molecule has 6 nitrogen and oxygen atoms in total. The minimum atomic E-state index is -0.0821. The molecule has 3 aromatic carbocycles. The van der Waals surface area contributed by atoms with Crippen LogP contribution in [0.1, 0.15) is 5.56 Å². The minimum absolute atomic E-state index is 0.0821. The van der Waals surface area contributed by atoms with E-state index in [1.165, 1.54) is 0 Å². The summed E-state index contributed by atoms with van der Waals surface area (Å²) in [6, 6.07) is 26.1. The Kier molecular flexibility index (Phi) is 6.78. The van der Waals surface area contributed by atoms with Crippen molar-refractivity contribution >= 4 is 17.1 Å². The number of hydrogen-bond donors (Lipinski definition) is 0. The molecule has 0 radical (unpaired) electrons. The van der Waals surface area contributed by atoms with E-state index in [4.69, 9.17) is 14.2 Å². The molecule has 3 aromatic rings. The molecule has 0 aliphatic heterocycles. The summed E-state index contributed by atoms with van der Waals surface area (Å²) in [5.41, 5.74) is 2.13. The fraction of sp³-hybridized carbons (Fsp3) is 0.120. The Morgan fingerprint density at radius 2 is 1.06 bits per heavy atom. The zero-order valence-electron chi connectivity index (χ0n) is 17.5. The highest BCUT2D eigenvalue weighted by atomic mass is 16.5. The lowest BCUT2D eigenvalue weighted by Crippen LogP contribution is -2.19. The van der Waals surface area contributed by atoms with Crippen LogP contribution in [-0.2, 0) is 0 Å². The van der Waals surface area contributed by atoms with Gasteiger partial charge in [0.05, 0.1) is 38.4 Å². The monoisotopic (exact) mass is 411 g/mol. The lowest BCUT2D eigenvalue weighted by molar-refractivity contribution is 0.411. The van der Waals surface area contributed by atoms with E-state index in [1.807, 2.05) is 72.8 Å². The van der Waals surface area contributed by atoms with E-state index in [2.05, 4.69) is 0 Å². The van der Waals surface area contributed by atoms with Gasteiger partial charge in [0.15, 0.2) is 5.57 Å². The normalized spacial score (nSPS) is 9.71. The van der Waals surface area contributed by atoms with Crippen molar-refractivity contribution in [1.29, 1.82) is 10.5 Å². The third-order valence-electron chi connectivity index (χ3n) is 4.70. The highest BCUT2D eigenvalue weighted by molar-refractivity contribution is 5.96. The van der Waals surface area contributed by atoms with Crippen molar-refractivity contribution in [2.45, 2.75) is 0 Å². The second-order valence-electron chi connectivity index (χ2n) is 6.33. The molecule has 31 heavy (non-hydrogen) atoms. The van der Waals surface area contributed by atoms with Crippen molar-refractivity contribution in [2.24, 2.45) is 0 Å². The molecule has 0 heterocycles. The maximum atomic E-state index is 9.86. The van der Waals surface area contributed by atoms with Crippen LogP contribution in [0.15, 0.2) is 78.4 Å². The summed E-state index contributed by atoms with van der Waals surface area (Å²) in [5.74, 6) is 1.65. The number of hydrogen-bond acceptors (Lipinski definition) is 6.